The molecule has 0 aliphatic heterocycles. The maximum Gasteiger partial charge on any atom is 0.282 e. The molecule has 0 saturated carbocycles. The van der Waals surface area contributed by atoms with Gasteiger partial charge in [0, 0.05) is 13.6 Å². The average molecular weight is 387 g/mol. The van der Waals surface area contributed by atoms with Gasteiger partial charge in [-0.25, -0.2) is 18.2 Å². The van der Waals surface area contributed by atoms with Crippen molar-refractivity contribution in [2.45, 2.75) is 11.3 Å². The van der Waals surface area contributed by atoms with Gasteiger partial charge in [-0.15, -0.1) is 0 Å². The molecule has 0 amide bonds. The number of sulfonamides is 1. The lowest BCUT2D eigenvalue weighted by molar-refractivity contribution is 0.598. The van der Waals surface area contributed by atoms with Crippen LogP contribution in [0.1, 0.15) is 5.56 Å². The molecular formula is C13H15BrN4O3S. The van der Waals surface area contributed by atoms with Crippen LogP contribution in [0.4, 0.5) is 5.69 Å². The predicted octanol–water partition coefficient (Wildman–Crippen LogP) is 0.845. The molecular weight excluding hydrogens is 372 g/mol. The molecule has 22 heavy (non-hydrogen) atoms. The normalized spacial score (nSPS) is 11.4. The van der Waals surface area contributed by atoms with E-state index in [0.29, 0.717) is 23.1 Å². The molecule has 0 unspecified atom stereocenters. The summed E-state index contributed by atoms with van der Waals surface area (Å²) in [5.41, 5.74) is 1.35. The van der Waals surface area contributed by atoms with Gasteiger partial charge >= 0.3 is 0 Å². The zero-order valence-corrected chi connectivity index (χ0v) is 14.2. The van der Waals surface area contributed by atoms with Crippen LogP contribution in [0, 0.1) is 0 Å². The third kappa shape index (κ3) is 3.93. The van der Waals surface area contributed by atoms with Gasteiger partial charge in [-0.1, -0.05) is 12.1 Å². The molecule has 1 heterocycles. The SMILES string of the molecule is Cn1ncc(NCCc2ccc(S(N)(=O)=O)cc2)c(Br)c1=O. The molecule has 0 fully saturated rings. The summed E-state index contributed by atoms with van der Waals surface area (Å²) in [4.78, 5) is 11.8. The molecule has 0 bridgehead atoms. The first kappa shape index (κ1) is 16.7. The van der Waals surface area contributed by atoms with Gasteiger partial charge in [0.1, 0.15) is 4.47 Å². The number of nitrogens with one attached hydrogen (secondary N) is 1. The van der Waals surface area contributed by atoms with Gasteiger partial charge in [0.05, 0.1) is 16.8 Å². The van der Waals surface area contributed by atoms with Crippen LogP contribution in [-0.2, 0) is 23.5 Å². The fourth-order valence-corrected chi connectivity index (χ4v) is 2.84. The van der Waals surface area contributed by atoms with Crippen molar-refractivity contribution in [3.63, 3.8) is 0 Å². The van der Waals surface area contributed by atoms with Gasteiger partial charge in [-0.2, -0.15) is 5.10 Å². The largest absolute Gasteiger partial charge is 0.382 e. The number of anilines is 1. The molecule has 1 aromatic carbocycles. The number of hydrogen-bond donors (Lipinski definition) is 2. The molecule has 0 saturated heterocycles. The van der Waals surface area contributed by atoms with E-state index in [2.05, 4.69) is 26.3 Å². The van der Waals surface area contributed by atoms with Crippen molar-refractivity contribution in [2.75, 3.05) is 11.9 Å². The lowest BCUT2D eigenvalue weighted by Crippen LogP contribution is -2.21. The molecule has 0 aliphatic carbocycles. The van der Waals surface area contributed by atoms with Crippen molar-refractivity contribution in [3.05, 3.63) is 50.9 Å². The Labute approximate surface area is 136 Å². The second kappa shape index (κ2) is 6.59. The van der Waals surface area contributed by atoms with Gasteiger partial charge in [0.25, 0.3) is 5.56 Å². The Morgan fingerprint density at radius 3 is 2.55 bits per heavy atom. The number of hydrogen-bond acceptors (Lipinski definition) is 5. The molecule has 0 radical (unpaired) electrons. The van der Waals surface area contributed by atoms with E-state index in [9.17, 15) is 13.2 Å². The molecule has 3 N–H and O–H groups in total. The molecule has 2 rings (SSSR count). The van der Waals surface area contributed by atoms with E-state index < -0.39 is 10.0 Å². The molecule has 2 aromatic rings. The highest BCUT2D eigenvalue weighted by molar-refractivity contribution is 9.10. The van der Waals surface area contributed by atoms with E-state index in [-0.39, 0.29) is 10.5 Å². The van der Waals surface area contributed by atoms with E-state index in [4.69, 9.17) is 5.14 Å². The zero-order chi connectivity index (χ0) is 16.3. The van der Waals surface area contributed by atoms with E-state index >= 15 is 0 Å². The lowest BCUT2D eigenvalue weighted by atomic mass is 10.1. The maximum absolute atomic E-state index is 11.7. The summed E-state index contributed by atoms with van der Waals surface area (Å²) in [6.07, 6.45) is 2.22. The zero-order valence-electron chi connectivity index (χ0n) is 11.8. The van der Waals surface area contributed by atoms with Crippen LogP contribution in [0.2, 0.25) is 0 Å². The number of primary sulfonamides is 1. The average Bonchev–Trinajstić information content (AvgIpc) is 2.47. The molecule has 7 nitrogen and oxygen atoms in total. The van der Waals surface area contributed by atoms with Crippen LogP contribution in [0.25, 0.3) is 0 Å². The van der Waals surface area contributed by atoms with E-state index in [1.165, 1.54) is 16.8 Å². The molecule has 0 atom stereocenters. The van der Waals surface area contributed by atoms with E-state index in [1.807, 2.05) is 0 Å². The van der Waals surface area contributed by atoms with Crippen LogP contribution in [0.15, 0.2) is 44.6 Å². The van der Waals surface area contributed by atoms with Gasteiger partial charge in [0.2, 0.25) is 10.0 Å². The summed E-state index contributed by atoms with van der Waals surface area (Å²) in [5.74, 6) is 0. The number of nitrogens with two attached hydrogens (primary N) is 1. The summed E-state index contributed by atoms with van der Waals surface area (Å²) >= 11 is 3.23. The second-order valence-corrected chi connectivity index (χ2v) is 7.02. The van der Waals surface area contributed by atoms with Crippen molar-refractivity contribution in [1.82, 2.24) is 9.78 Å². The molecule has 0 spiro atoms. The van der Waals surface area contributed by atoms with Gasteiger partial charge in [-0.05, 0) is 40.0 Å². The van der Waals surface area contributed by atoms with Crippen LogP contribution >= 0.6 is 15.9 Å². The summed E-state index contributed by atoms with van der Waals surface area (Å²) in [7, 11) is -2.09. The third-order valence-electron chi connectivity index (χ3n) is 3.06. The Morgan fingerprint density at radius 1 is 1.32 bits per heavy atom. The minimum Gasteiger partial charge on any atom is -0.382 e. The van der Waals surface area contributed by atoms with Crippen molar-refractivity contribution in [1.29, 1.82) is 0 Å². The van der Waals surface area contributed by atoms with Crippen molar-refractivity contribution in [2.24, 2.45) is 12.2 Å². The van der Waals surface area contributed by atoms with Crippen molar-refractivity contribution < 1.29 is 8.42 Å². The fourth-order valence-electron chi connectivity index (χ4n) is 1.82. The molecule has 118 valence electrons. The first-order valence-corrected chi connectivity index (χ1v) is 8.70. The van der Waals surface area contributed by atoms with Crippen molar-refractivity contribution >= 4 is 31.6 Å². The van der Waals surface area contributed by atoms with Gasteiger partial charge < -0.3 is 5.32 Å². The second-order valence-electron chi connectivity index (χ2n) is 4.67. The Balaban J connectivity index is 2.00. The number of aromatic nitrogens is 2. The number of halogens is 1. The fraction of sp³-hybridized carbons (Fsp3) is 0.231. The Hall–Kier alpha value is -1.71. The van der Waals surface area contributed by atoms with Gasteiger partial charge in [0.15, 0.2) is 0 Å². The topological polar surface area (TPSA) is 107 Å². The minimum atomic E-state index is -3.66. The number of nitrogens with zero attached hydrogens (tertiary/aromatic N) is 2. The summed E-state index contributed by atoms with van der Waals surface area (Å²) < 4.78 is 24.0. The van der Waals surface area contributed by atoms with E-state index in [0.717, 1.165) is 5.56 Å². The highest BCUT2D eigenvalue weighted by Crippen LogP contribution is 2.16. The molecule has 0 aliphatic rings. The smallest absolute Gasteiger partial charge is 0.282 e. The number of benzene rings is 1. The summed E-state index contributed by atoms with van der Waals surface area (Å²) in [6, 6.07) is 6.36. The number of aryl methyl sites for hydroxylation is 1. The lowest BCUT2D eigenvalue weighted by Gasteiger charge is -2.09. The maximum atomic E-state index is 11.7. The predicted molar refractivity (Wildman–Crippen MR) is 87.2 cm³/mol. The number of rotatable bonds is 5. The Kier molecular flexibility index (Phi) is 4.99. The highest BCUT2D eigenvalue weighted by atomic mass is 79.9. The molecule has 1 aromatic heterocycles. The van der Waals surface area contributed by atoms with Crippen LogP contribution < -0.4 is 16.0 Å². The van der Waals surface area contributed by atoms with Crippen LogP contribution in [-0.4, -0.2) is 24.7 Å². The quantitative estimate of drug-likeness (QED) is 0.791. The molecule has 9 heteroatoms. The summed E-state index contributed by atoms with van der Waals surface area (Å²) in [6.45, 7) is 0.572. The van der Waals surface area contributed by atoms with Gasteiger partial charge in [-0.3, -0.25) is 4.79 Å². The Bertz CT molecular complexity index is 831. The monoisotopic (exact) mass is 386 g/mol. The minimum absolute atomic E-state index is 0.0858. The summed E-state index contributed by atoms with van der Waals surface area (Å²) in [5, 5.41) is 12.1. The Morgan fingerprint density at radius 2 is 1.95 bits per heavy atom. The highest BCUT2D eigenvalue weighted by Gasteiger charge is 2.08. The standard InChI is InChI=1S/C13H15BrN4O3S/c1-18-13(19)12(14)11(8-17-18)16-7-6-9-2-4-10(5-3-9)22(15,20)21/h2-5,8,16H,6-7H2,1H3,(H2,15,20,21). The first-order valence-electron chi connectivity index (χ1n) is 6.36. The van der Waals surface area contributed by atoms with Crippen LogP contribution in [0.5, 0.6) is 0 Å². The van der Waals surface area contributed by atoms with E-state index in [1.54, 1.807) is 25.4 Å². The van der Waals surface area contributed by atoms with Crippen LogP contribution in [0.3, 0.4) is 0 Å². The first-order chi connectivity index (χ1) is 10.3. The third-order valence-corrected chi connectivity index (χ3v) is 4.75. The van der Waals surface area contributed by atoms with Crippen molar-refractivity contribution in [3.8, 4) is 0 Å².